The topological polar surface area (TPSA) is 33.4 Å². The molecule has 3 aromatic rings. The first-order valence-electron chi connectivity index (χ1n) is 5.76. The zero-order chi connectivity index (χ0) is 13.4. The average molecular weight is 260 g/mol. The summed E-state index contributed by atoms with van der Waals surface area (Å²) in [5, 5.41) is 10.6. The Bertz CT molecular complexity index is 734. The van der Waals surface area contributed by atoms with Gasteiger partial charge in [0.1, 0.15) is 29.1 Å². The molecule has 0 fully saturated rings. The Morgan fingerprint density at radius 2 is 1.79 bits per heavy atom. The lowest BCUT2D eigenvalue weighted by molar-refractivity contribution is 0.187. The first-order chi connectivity index (χ1) is 9.15. The molecule has 0 aliphatic rings. The Labute approximate surface area is 107 Å². The van der Waals surface area contributed by atoms with Gasteiger partial charge in [0.2, 0.25) is 0 Å². The van der Waals surface area contributed by atoms with Crippen LogP contribution in [-0.4, -0.2) is 5.11 Å². The van der Waals surface area contributed by atoms with E-state index in [-0.39, 0.29) is 17.1 Å². The van der Waals surface area contributed by atoms with E-state index in [2.05, 4.69) is 0 Å². The van der Waals surface area contributed by atoms with Gasteiger partial charge in [-0.1, -0.05) is 18.2 Å². The standard InChI is InChI=1S/C15H10F2O2/c16-10-5-6-13-9(7-10)8-14(19-13)15(18)11-3-1-2-4-12(11)17/h1-8,15,18H. The number of aliphatic hydroxyl groups is 1. The maximum atomic E-state index is 13.6. The van der Waals surface area contributed by atoms with Gasteiger partial charge in [0.05, 0.1) is 0 Å². The predicted molar refractivity (Wildman–Crippen MR) is 66.6 cm³/mol. The molecule has 1 heterocycles. The maximum Gasteiger partial charge on any atom is 0.139 e. The van der Waals surface area contributed by atoms with E-state index in [1.807, 2.05) is 0 Å². The Balaban J connectivity index is 2.07. The summed E-state index contributed by atoms with van der Waals surface area (Å²) in [4.78, 5) is 0. The lowest BCUT2D eigenvalue weighted by Crippen LogP contribution is -2.00. The highest BCUT2D eigenvalue weighted by Crippen LogP contribution is 2.29. The molecule has 0 saturated carbocycles. The summed E-state index contributed by atoms with van der Waals surface area (Å²) in [5.41, 5.74) is 0.578. The van der Waals surface area contributed by atoms with Crippen LogP contribution < -0.4 is 0 Å². The van der Waals surface area contributed by atoms with Crippen LogP contribution in [0, 0.1) is 11.6 Å². The normalized spacial score (nSPS) is 12.8. The number of aliphatic hydroxyl groups excluding tert-OH is 1. The third kappa shape index (κ3) is 2.11. The number of benzene rings is 2. The second-order valence-corrected chi connectivity index (χ2v) is 4.25. The van der Waals surface area contributed by atoms with Gasteiger partial charge in [-0.25, -0.2) is 8.78 Å². The van der Waals surface area contributed by atoms with Gasteiger partial charge in [-0.15, -0.1) is 0 Å². The number of furan rings is 1. The summed E-state index contributed by atoms with van der Waals surface area (Å²) < 4.78 is 32.1. The second kappa shape index (κ2) is 4.48. The van der Waals surface area contributed by atoms with Crippen molar-refractivity contribution in [2.24, 2.45) is 0 Å². The molecule has 2 aromatic carbocycles. The number of hydrogen-bond acceptors (Lipinski definition) is 2. The molecule has 0 aliphatic carbocycles. The van der Waals surface area contributed by atoms with Gasteiger partial charge in [-0.05, 0) is 30.3 Å². The Morgan fingerprint density at radius 3 is 2.58 bits per heavy atom. The van der Waals surface area contributed by atoms with Crippen LogP contribution in [0.25, 0.3) is 11.0 Å². The lowest BCUT2D eigenvalue weighted by Gasteiger charge is -2.08. The molecule has 96 valence electrons. The van der Waals surface area contributed by atoms with E-state index in [1.54, 1.807) is 12.1 Å². The zero-order valence-electron chi connectivity index (χ0n) is 9.81. The van der Waals surface area contributed by atoms with Crippen LogP contribution >= 0.6 is 0 Å². The van der Waals surface area contributed by atoms with Crippen LogP contribution in [-0.2, 0) is 0 Å². The van der Waals surface area contributed by atoms with Gasteiger partial charge in [0, 0.05) is 10.9 Å². The molecule has 0 radical (unpaired) electrons. The molecule has 0 saturated heterocycles. The molecular weight excluding hydrogens is 250 g/mol. The highest BCUT2D eigenvalue weighted by Gasteiger charge is 2.18. The van der Waals surface area contributed by atoms with Crippen LogP contribution in [0.5, 0.6) is 0 Å². The summed E-state index contributed by atoms with van der Waals surface area (Å²) in [5.74, 6) is -0.715. The summed E-state index contributed by atoms with van der Waals surface area (Å²) in [6.45, 7) is 0. The van der Waals surface area contributed by atoms with Crippen molar-refractivity contribution in [3.8, 4) is 0 Å². The number of hydrogen-bond donors (Lipinski definition) is 1. The van der Waals surface area contributed by atoms with Crippen molar-refractivity contribution in [1.82, 2.24) is 0 Å². The Morgan fingerprint density at radius 1 is 1.00 bits per heavy atom. The fourth-order valence-electron chi connectivity index (χ4n) is 2.02. The molecule has 2 nitrogen and oxygen atoms in total. The van der Waals surface area contributed by atoms with Gasteiger partial charge >= 0.3 is 0 Å². The average Bonchev–Trinajstić information content (AvgIpc) is 2.81. The second-order valence-electron chi connectivity index (χ2n) is 4.25. The van der Waals surface area contributed by atoms with Crippen molar-refractivity contribution < 1.29 is 18.3 Å². The first-order valence-corrected chi connectivity index (χ1v) is 5.76. The minimum Gasteiger partial charge on any atom is -0.458 e. The maximum absolute atomic E-state index is 13.6. The molecule has 0 spiro atoms. The van der Waals surface area contributed by atoms with E-state index in [4.69, 9.17) is 4.42 Å². The molecule has 1 unspecified atom stereocenters. The van der Waals surface area contributed by atoms with Crippen molar-refractivity contribution in [1.29, 1.82) is 0 Å². The smallest absolute Gasteiger partial charge is 0.139 e. The van der Waals surface area contributed by atoms with Crippen molar-refractivity contribution >= 4 is 11.0 Å². The van der Waals surface area contributed by atoms with E-state index in [9.17, 15) is 13.9 Å². The molecule has 0 amide bonds. The largest absolute Gasteiger partial charge is 0.458 e. The molecule has 19 heavy (non-hydrogen) atoms. The highest BCUT2D eigenvalue weighted by atomic mass is 19.1. The summed E-state index contributed by atoms with van der Waals surface area (Å²) >= 11 is 0. The first kappa shape index (κ1) is 11.9. The minimum atomic E-state index is -1.21. The van der Waals surface area contributed by atoms with Gasteiger partial charge in [0.25, 0.3) is 0 Å². The summed E-state index contributed by atoms with van der Waals surface area (Å²) in [6, 6.07) is 11.5. The van der Waals surface area contributed by atoms with E-state index in [0.29, 0.717) is 11.0 Å². The fourth-order valence-corrected chi connectivity index (χ4v) is 2.02. The third-order valence-corrected chi connectivity index (χ3v) is 2.97. The van der Waals surface area contributed by atoms with Crippen molar-refractivity contribution in [3.05, 3.63) is 71.5 Å². The van der Waals surface area contributed by atoms with Gasteiger partial charge in [-0.3, -0.25) is 0 Å². The fraction of sp³-hybridized carbons (Fsp3) is 0.0667. The molecule has 0 bridgehead atoms. The predicted octanol–water partition coefficient (Wildman–Crippen LogP) is 3.79. The Hall–Kier alpha value is -2.20. The summed E-state index contributed by atoms with van der Waals surface area (Å²) in [6.07, 6.45) is -1.21. The quantitative estimate of drug-likeness (QED) is 0.760. The van der Waals surface area contributed by atoms with Crippen LogP contribution in [0.1, 0.15) is 17.4 Å². The van der Waals surface area contributed by atoms with Crippen molar-refractivity contribution in [2.75, 3.05) is 0 Å². The number of fused-ring (bicyclic) bond motifs is 1. The SMILES string of the molecule is OC(c1cc2cc(F)ccc2o1)c1ccccc1F. The van der Waals surface area contributed by atoms with E-state index >= 15 is 0 Å². The molecule has 1 N–H and O–H groups in total. The van der Waals surface area contributed by atoms with Crippen molar-refractivity contribution in [3.63, 3.8) is 0 Å². The molecule has 0 aliphatic heterocycles. The van der Waals surface area contributed by atoms with Crippen LogP contribution in [0.2, 0.25) is 0 Å². The minimum absolute atomic E-state index is 0.127. The monoisotopic (exact) mass is 260 g/mol. The highest BCUT2D eigenvalue weighted by molar-refractivity contribution is 5.78. The van der Waals surface area contributed by atoms with Gasteiger partial charge in [0.15, 0.2) is 0 Å². The lowest BCUT2D eigenvalue weighted by atomic mass is 10.1. The van der Waals surface area contributed by atoms with Crippen LogP contribution in [0.3, 0.4) is 0 Å². The van der Waals surface area contributed by atoms with Crippen LogP contribution in [0.4, 0.5) is 8.78 Å². The van der Waals surface area contributed by atoms with Crippen molar-refractivity contribution in [2.45, 2.75) is 6.10 Å². The molecular formula is C15H10F2O2. The number of rotatable bonds is 2. The Kier molecular flexibility index (Phi) is 2.80. The molecule has 1 atom stereocenters. The van der Waals surface area contributed by atoms with Gasteiger partial charge < -0.3 is 9.52 Å². The third-order valence-electron chi connectivity index (χ3n) is 2.97. The molecule has 1 aromatic heterocycles. The molecule has 4 heteroatoms. The van der Waals surface area contributed by atoms with E-state index < -0.39 is 11.9 Å². The number of halogens is 2. The molecule has 3 rings (SSSR count). The summed E-state index contributed by atoms with van der Waals surface area (Å²) in [7, 11) is 0. The van der Waals surface area contributed by atoms with E-state index in [1.165, 1.54) is 36.4 Å². The van der Waals surface area contributed by atoms with Crippen LogP contribution in [0.15, 0.2) is 52.9 Å². The zero-order valence-corrected chi connectivity index (χ0v) is 9.81. The van der Waals surface area contributed by atoms with Gasteiger partial charge in [-0.2, -0.15) is 0 Å². The van der Waals surface area contributed by atoms with E-state index in [0.717, 1.165) is 0 Å².